The summed E-state index contributed by atoms with van der Waals surface area (Å²) in [4.78, 5) is 48.3. The molecule has 5 heterocycles. The van der Waals surface area contributed by atoms with E-state index in [2.05, 4.69) is 43.6 Å². The van der Waals surface area contributed by atoms with E-state index in [4.69, 9.17) is 10.5 Å². The van der Waals surface area contributed by atoms with Crippen LogP contribution in [0.25, 0.3) is 11.1 Å². The average Bonchev–Trinajstić information content (AvgIpc) is 3.57. The lowest BCUT2D eigenvalue weighted by Crippen LogP contribution is -2.52. The van der Waals surface area contributed by atoms with Crippen molar-refractivity contribution in [1.82, 2.24) is 20.1 Å². The highest BCUT2D eigenvalue weighted by molar-refractivity contribution is 6.05. The van der Waals surface area contributed by atoms with Gasteiger partial charge in [-0.3, -0.25) is 19.7 Å². The van der Waals surface area contributed by atoms with Gasteiger partial charge >= 0.3 is 6.18 Å². The zero-order valence-electron chi connectivity index (χ0n) is 34.7. The third kappa shape index (κ3) is 9.70. The summed E-state index contributed by atoms with van der Waals surface area (Å²) in [7, 11) is 0. The van der Waals surface area contributed by atoms with Crippen molar-refractivity contribution < 1.29 is 32.3 Å². The number of fused-ring (bicyclic) bond motifs is 1. The molecule has 61 heavy (non-hydrogen) atoms. The number of hydrogen-bond donors (Lipinski definition) is 3. The number of likely N-dealkylation sites (tertiary alicyclic amines) is 1. The van der Waals surface area contributed by atoms with E-state index < -0.39 is 23.7 Å². The SMILES string of the molecule is CC(C)C[C@H](N)COc1ccc(-c2ccnc(Nc3ccc(C4CCN(C5CCN(c6ccc7c(c6)CN(C6CCC(=O)NC6=O)C7=O)CC5)CC4)cc3)c2)cc1C(F)(F)F. The quantitative estimate of drug-likeness (QED) is 0.122. The van der Waals surface area contributed by atoms with E-state index in [9.17, 15) is 27.6 Å². The maximum atomic E-state index is 14.1. The van der Waals surface area contributed by atoms with Gasteiger partial charge in [-0.1, -0.05) is 32.0 Å². The minimum atomic E-state index is -4.60. The first kappa shape index (κ1) is 42.2. The molecule has 3 amide bonds. The molecule has 3 aromatic carbocycles. The zero-order chi connectivity index (χ0) is 42.8. The summed E-state index contributed by atoms with van der Waals surface area (Å²) in [5.74, 6) is 0.240. The fourth-order valence-electron chi connectivity index (χ4n) is 9.44. The molecular weight excluding hydrogens is 784 g/mol. The van der Waals surface area contributed by atoms with Gasteiger partial charge in [-0.25, -0.2) is 4.98 Å². The minimum Gasteiger partial charge on any atom is -0.491 e. The number of hydrogen-bond acceptors (Lipinski definition) is 9. The third-order valence-corrected chi connectivity index (χ3v) is 12.6. The number of benzene rings is 3. The monoisotopic (exact) mass is 837 g/mol. The van der Waals surface area contributed by atoms with Gasteiger partial charge in [0.15, 0.2) is 0 Å². The predicted octanol–water partition coefficient (Wildman–Crippen LogP) is 7.87. The Bertz CT molecular complexity index is 2230. The molecule has 3 saturated heterocycles. The van der Waals surface area contributed by atoms with Crippen molar-refractivity contribution >= 4 is 34.9 Å². The van der Waals surface area contributed by atoms with E-state index in [1.165, 1.54) is 11.6 Å². The van der Waals surface area contributed by atoms with Crippen molar-refractivity contribution in [3.63, 3.8) is 0 Å². The second-order valence-corrected chi connectivity index (χ2v) is 17.4. The lowest BCUT2D eigenvalue weighted by Gasteiger charge is -2.42. The first-order chi connectivity index (χ1) is 29.3. The Balaban J connectivity index is 0.816. The summed E-state index contributed by atoms with van der Waals surface area (Å²) in [6.07, 6.45) is 2.52. The number of halogens is 3. The summed E-state index contributed by atoms with van der Waals surface area (Å²) < 4.78 is 47.9. The number of carbonyl (C=O) groups excluding carboxylic acids is 3. The Morgan fingerprint density at radius 3 is 2.33 bits per heavy atom. The van der Waals surface area contributed by atoms with E-state index in [1.807, 2.05) is 38.1 Å². The number of rotatable bonds is 12. The van der Waals surface area contributed by atoms with Crippen molar-refractivity contribution in [3.8, 4) is 16.9 Å². The van der Waals surface area contributed by atoms with Crippen LogP contribution in [0.2, 0.25) is 0 Å². The molecule has 4 aliphatic heterocycles. The maximum absolute atomic E-state index is 14.1. The van der Waals surface area contributed by atoms with Crippen LogP contribution in [-0.4, -0.2) is 83.4 Å². The number of nitrogens with zero attached hydrogens (tertiary/aromatic N) is 4. The molecule has 8 rings (SSSR count). The number of aromatic nitrogens is 1. The van der Waals surface area contributed by atoms with Gasteiger partial charge in [-0.2, -0.15) is 13.2 Å². The highest BCUT2D eigenvalue weighted by atomic mass is 19.4. The number of anilines is 3. The molecule has 4 N–H and O–H groups in total. The number of pyridine rings is 1. The Labute approximate surface area is 354 Å². The first-order valence-corrected chi connectivity index (χ1v) is 21.5. The molecule has 4 aromatic rings. The van der Waals surface area contributed by atoms with Crippen LogP contribution in [0.4, 0.5) is 30.4 Å². The second-order valence-electron chi connectivity index (χ2n) is 17.4. The second kappa shape index (κ2) is 17.9. The number of imide groups is 1. The van der Waals surface area contributed by atoms with Crippen molar-refractivity contribution in [2.45, 2.75) is 95.6 Å². The van der Waals surface area contributed by atoms with Crippen LogP contribution >= 0.6 is 0 Å². The molecule has 4 aliphatic rings. The zero-order valence-corrected chi connectivity index (χ0v) is 34.7. The molecular formula is C47H54F3N7O4. The number of carbonyl (C=O) groups is 3. The average molecular weight is 838 g/mol. The van der Waals surface area contributed by atoms with Gasteiger partial charge < -0.3 is 30.5 Å². The molecule has 0 bridgehead atoms. The Hall–Kier alpha value is -5.47. The smallest absolute Gasteiger partial charge is 0.419 e. The fourth-order valence-corrected chi connectivity index (χ4v) is 9.44. The molecule has 0 aliphatic carbocycles. The summed E-state index contributed by atoms with van der Waals surface area (Å²) in [6.45, 7) is 8.35. The number of nitrogens with one attached hydrogen (secondary N) is 2. The number of piperidine rings is 3. The Morgan fingerprint density at radius 1 is 0.885 bits per heavy atom. The van der Waals surface area contributed by atoms with Gasteiger partial charge in [-0.15, -0.1) is 0 Å². The maximum Gasteiger partial charge on any atom is 0.419 e. The van der Waals surface area contributed by atoms with Crippen LogP contribution in [0.5, 0.6) is 5.75 Å². The van der Waals surface area contributed by atoms with Crippen molar-refractivity contribution in [2.24, 2.45) is 11.7 Å². The Morgan fingerprint density at radius 2 is 1.62 bits per heavy atom. The molecule has 11 nitrogen and oxygen atoms in total. The summed E-state index contributed by atoms with van der Waals surface area (Å²) >= 11 is 0. The lowest BCUT2D eigenvalue weighted by atomic mass is 9.88. The number of nitrogens with two attached hydrogens (primary N) is 1. The first-order valence-electron chi connectivity index (χ1n) is 21.5. The van der Waals surface area contributed by atoms with Crippen LogP contribution in [0.15, 0.2) is 79.0 Å². The predicted molar refractivity (Wildman–Crippen MR) is 229 cm³/mol. The topological polar surface area (TPSA) is 133 Å². The van der Waals surface area contributed by atoms with Gasteiger partial charge in [0, 0.05) is 61.3 Å². The van der Waals surface area contributed by atoms with Gasteiger partial charge in [0.25, 0.3) is 5.91 Å². The largest absolute Gasteiger partial charge is 0.491 e. The van der Waals surface area contributed by atoms with Crippen LogP contribution in [-0.2, 0) is 22.3 Å². The number of ether oxygens (including phenoxy) is 1. The molecule has 322 valence electrons. The van der Waals surface area contributed by atoms with Gasteiger partial charge in [0.2, 0.25) is 11.8 Å². The van der Waals surface area contributed by atoms with Crippen LogP contribution in [0.1, 0.15) is 91.8 Å². The van der Waals surface area contributed by atoms with E-state index in [-0.39, 0.29) is 36.6 Å². The third-order valence-electron chi connectivity index (χ3n) is 12.6. The van der Waals surface area contributed by atoms with E-state index in [1.54, 1.807) is 29.3 Å². The summed E-state index contributed by atoms with van der Waals surface area (Å²) in [5, 5.41) is 5.69. The molecule has 0 radical (unpaired) electrons. The van der Waals surface area contributed by atoms with Crippen molar-refractivity contribution in [1.29, 1.82) is 0 Å². The van der Waals surface area contributed by atoms with Gasteiger partial charge in [0.05, 0.1) is 5.56 Å². The summed E-state index contributed by atoms with van der Waals surface area (Å²) in [6, 6.07) is 21.5. The molecule has 3 fully saturated rings. The van der Waals surface area contributed by atoms with Crippen LogP contribution in [0, 0.1) is 5.92 Å². The highest BCUT2D eigenvalue weighted by Gasteiger charge is 2.40. The molecule has 2 atom stereocenters. The number of amides is 3. The molecule has 0 spiro atoms. The van der Waals surface area contributed by atoms with Gasteiger partial charge in [-0.05, 0) is 140 Å². The molecule has 0 saturated carbocycles. The van der Waals surface area contributed by atoms with Crippen LogP contribution in [0.3, 0.4) is 0 Å². The molecule has 1 unspecified atom stereocenters. The minimum absolute atomic E-state index is 0.00506. The molecule has 14 heteroatoms. The highest BCUT2D eigenvalue weighted by Crippen LogP contribution is 2.40. The summed E-state index contributed by atoms with van der Waals surface area (Å²) in [5.41, 5.74) is 11.0. The lowest BCUT2D eigenvalue weighted by molar-refractivity contribution is -0.139. The van der Waals surface area contributed by atoms with E-state index >= 15 is 0 Å². The van der Waals surface area contributed by atoms with Gasteiger partial charge in [0.1, 0.15) is 24.2 Å². The van der Waals surface area contributed by atoms with Crippen molar-refractivity contribution in [2.75, 3.05) is 43.0 Å². The number of alkyl halides is 3. The van der Waals surface area contributed by atoms with Crippen LogP contribution < -0.4 is 26.0 Å². The van der Waals surface area contributed by atoms with E-state index in [0.29, 0.717) is 59.8 Å². The normalized spacial score (nSPS) is 19.9. The Kier molecular flexibility index (Phi) is 12.4. The standard InChI is InChI=1S/C47H54F3N7O4/c1-29(2)23-35(51)28-61-42-11-5-32(25-40(42)47(48,49)50)33-13-18-52-43(26-33)53-36-6-3-30(4-7-36)31-14-19-55(20-15-31)37-16-21-56(22-17-37)38-8-9-39-34(24-38)27-57(46(39)60)41-10-12-44(58)54-45(41)59/h3-9,11,13,18,24-26,29,31,35,37,41H,10,12,14-17,19-23,27-28,51H2,1-2H3,(H,52,53)(H,54,58,59)/t35-,41?/m0/s1. The van der Waals surface area contributed by atoms with Crippen molar-refractivity contribution in [3.05, 3.63) is 101 Å². The fraction of sp³-hybridized carbons (Fsp3) is 0.447. The molecule has 1 aromatic heterocycles. The van der Waals surface area contributed by atoms with E-state index in [0.717, 1.165) is 74.9 Å².